The molecule has 0 atom stereocenters. The summed E-state index contributed by atoms with van der Waals surface area (Å²) in [4.78, 5) is 27.9. The average molecular weight is 552 g/mol. The maximum absolute atomic E-state index is 13.6. The number of aryl methyl sites for hydroxylation is 1. The highest BCUT2D eigenvalue weighted by Crippen LogP contribution is 2.28. The molecule has 3 aromatic carbocycles. The van der Waals surface area contributed by atoms with Gasteiger partial charge in [0, 0.05) is 26.2 Å². The smallest absolute Gasteiger partial charge is 0.409 e. The van der Waals surface area contributed by atoms with Gasteiger partial charge in [-0.25, -0.2) is 13.2 Å². The van der Waals surface area contributed by atoms with Crippen molar-refractivity contribution in [1.82, 2.24) is 9.80 Å². The van der Waals surface area contributed by atoms with E-state index in [-0.39, 0.29) is 30.0 Å². The third-order valence-corrected chi connectivity index (χ3v) is 8.21. The molecule has 1 saturated heterocycles. The molecule has 0 unspecified atom stereocenters. The lowest BCUT2D eigenvalue weighted by atomic mass is 10.2. The fraction of sp³-hybridized carbons (Fsp3) is 0.310. The summed E-state index contributed by atoms with van der Waals surface area (Å²) in [6.45, 7) is 5.61. The van der Waals surface area contributed by atoms with Crippen LogP contribution < -0.4 is 9.04 Å². The maximum Gasteiger partial charge on any atom is 0.409 e. The van der Waals surface area contributed by atoms with E-state index in [2.05, 4.69) is 0 Å². The lowest BCUT2D eigenvalue weighted by Gasteiger charge is -2.33. The number of carbonyl (C=O) groups is 2. The average Bonchev–Trinajstić information content (AvgIpc) is 2.96. The lowest BCUT2D eigenvalue weighted by Crippen LogP contribution is -2.51. The van der Waals surface area contributed by atoms with E-state index in [1.165, 1.54) is 4.31 Å². The predicted molar refractivity (Wildman–Crippen MR) is 148 cm³/mol. The van der Waals surface area contributed by atoms with Crippen LogP contribution in [-0.2, 0) is 26.1 Å². The minimum Gasteiger partial charge on any atom is -0.484 e. The molecule has 2 amide bonds. The Hall–Kier alpha value is -4.05. The molecule has 0 saturated carbocycles. The topological polar surface area (TPSA) is 96.5 Å². The molecule has 39 heavy (non-hydrogen) atoms. The Labute approximate surface area is 229 Å². The summed E-state index contributed by atoms with van der Waals surface area (Å²) in [5, 5.41) is 0. The van der Waals surface area contributed by atoms with Gasteiger partial charge in [0.05, 0.1) is 23.7 Å². The van der Waals surface area contributed by atoms with E-state index in [0.29, 0.717) is 44.2 Å². The first-order valence-electron chi connectivity index (χ1n) is 12.8. The second-order valence-electron chi connectivity index (χ2n) is 9.16. The predicted octanol–water partition coefficient (Wildman–Crippen LogP) is 4.07. The Balaban J connectivity index is 1.43. The molecule has 10 heteroatoms. The Morgan fingerprint density at radius 3 is 2.08 bits per heavy atom. The van der Waals surface area contributed by atoms with Crippen LogP contribution in [0, 0.1) is 6.92 Å². The van der Waals surface area contributed by atoms with Gasteiger partial charge >= 0.3 is 6.09 Å². The van der Waals surface area contributed by atoms with Crippen LogP contribution in [0.1, 0.15) is 18.1 Å². The summed E-state index contributed by atoms with van der Waals surface area (Å²) < 4.78 is 39.4. The summed E-state index contributed by atoms with van der Waals surface area (Å²) in [7, 11) is -3.84. The number of benzene rings is 3. The highest BCUT2D eigenvalue weighted by molar-refractivity contribution is 7.92. The van der Waals surface area contributed by atoms with E-state index >= 15 is 0 Å². The van der Waals surface area contributed by atoms with E-state index < -0.39 is 10.0 Å². The van der Waals surface area contributed by atoms with E-state index in [9.17, 15) is 18.0 Å². The molecule has 0 bridgehead atoms. The second kappa shape index (κ2) is 12.7. The highest BCUT2D eigenvalue weighted by atomic mass is 32.2. The molecule has 0 radical (unpaired) electrons. The van der Waals surface area contributed by atoms with Crippen LogP contribution in [0.15, 0.2) is 83.8 Å². The van der Waals surface area contributed by atoms with Crippen molar-refractivity contribution >= 4 is 27.7 Å². The number of rotatable bonds is 9. The van der Waals surface area contributed by atoms with E-state index in [0.717, 1.165) is 11.1 Å². The molecule has 0 aromatic heterocycles. The minimum atomic E-state index is -3.84. The summed E-state index contributed by atoms with van der Waals surface area (Å²) >= 11 is 0. The number of anilines is 1. The fourth-order valence-corrected chi connectivity index (χ4v) is 5.65. The van der Waals surface area contributed by atoms with Gasteiger partial charge in [-0.3, -0.25) is 9.10 Å². The SMILES string of the molecule is CCOC(=O)N1CCN(C(=O)COc2ccc(N(Cc3ccccc3)S(=O)(=O)c3ccc(C)cc3)cc2)CC1. The van der Waals surface area contributed by atoms with Gasteiger partial charge in [0.1, 0.15) is 5.75 Å². The Bertz CT molecular complexity index is 1350. The molecule has 1 aliphatic rings. The molecule has 0 spiro atoms. The quantitative estimate of drug-likeness (QED) is 0.398. The van der Waals surface area contributed by atoms with Crippen molar-refractivity contribution in [1.29, 1.82) is 0 Å². The maximum atomic E-state index is 13.6. The van der Waals surface area contributed by atoms with Crippen LogP contribution in [0.5, 0.6) is 5.75 Å². The zero-order valence-corrected chi connectivity index (χ0v) is 23.0. The fourth-order valence-electron chi connectivity index (χ4n) is 4.20. The molecule has 9 nitrogen and oxygen atoms in total. The van der Waals surface area contributed by atoms with Crippen LogP contribution >= 0.6 is 0 Å². The summed E-state index contributed by atoms with van der Waals surface area (Å²) in [6, 6.07) is 22.8. The summed E-state index contributed by atoms with van der Waals surface area (Å²) in [5.74, 6) is 0.264. The molecule has 1 fully saturated rings. The number of hydrogen-bond acceptors (Lipinski definition) is 6. The van der Waals surface area contributed by atoms with Crippen LogP contribution in [-0.4, -0.2) is 69.6 Å². The Morgan fingerprint density at radius 2 is 1.46 bits per heavy atom. The number of ether oxygens (including phenoxy) is 2. The van der Waals surface area contributed by atoms with Gasteiger partial charge in [0.25, 0.3) is 15.9 Å². The standard InChI is InChI=1S/C29H33N3O6S/c1-3-37-29(34)31-19-17-30(18-20-31)28(33)22-38-26-13-11-25(12-14-26)32(21-24-7-5-4-6-8-24)39(35,36)27-15-9-23(2)10-16-27/h4-16H,3,17-22H2,1-2H3. The van der Waals surface area contributed by atoms with Crippen molar-refractivity contribution in [3.05, 3.63) is 90.0 Å². The Kier molecular flexibility index (Phi) is 9.08. The number of amides is 2. The number of sulfonamides is 1. The lowest BCUT2D eigenvalue weighted by molar-refractivity contribution is -0.134. The van der Waals surface area contributed by atoms with Gasteiger partial charge in [-0.2, -0.15) is 0 Å². The largest absolute Gasteiger partial charge is 0.484 e. The highest BCUT2D eigenvalue weighted by Gasteiger charge is 2.26. The van der Waals surface area contributed by atoms with Crippen molar-refractivity contribution in [2.75, 3.05) is 43.7 Å². The van der Waals surface area contributed by atoms with Crippen molar-refractivity contribution in [3.8, 4) is 5.75 Å². The van der Waals surface area contributed by atoms with Crippen LogP contribution in [0.4, 0.5) is 10.5 Å². The van der Waals surface area contributed by atoms with Gasteiger partial charge in [-0.1, -0.05) is 48.0 Å². The molecule has 4 rings (SSSR count). The monoisotopic (exact) mass is 551 g/mol. The minimum absolute atomic E-state index is 0.159. The molecular weight excluding hydrogens is 518 g/mol. The number of carbonyl (C=O) groups excluding carboxylic acids is 2. The number of hydrogen-bond donors (Lipinski definition) is 0. The zero-order chi connectivity index (χ0) is 27.8. The van der Waals surface area contributed by atoms with Crippen LogP contribution in [0.2, 0.25) is 0 Å². The van der Waals surface area contributed by atoms with Crippen LogP contribution in [0.3, 0.4) is 0 Å². The molecule has 0 N–H and O–H groups in total. The molecule has 1 heterocycles. The van der Waals surface area contributed by atoms with Gasteiger partial charge in [-0.05, 0) is 55.8 Å². The first-order chi connectivity index (χ1) is 18.8. The van der Waals surface area contributed by atoms with Gasteiger partial charge < -0.3 is 19.3 Å². The third kappa shape index (κ3) is 7.08. The summed E-state index contributed by atoms with van der Waals surface area (Å²) in [5.41, 5.74) is 2.30. The van der Waals surface area contributed by atoms with Gasteiger partial charge in [0.2, 0.25) is 0 Å². The number of piperazine rings is 1. The second-order valence-corrected chi connectivity index (χ2v) is 11.0. The molecular formula is C29H33N3O6S. The zero-order valence-electron chi connectivity index (χ0n) is 22.2. The molecule has 1 aliphatic heterocycles. The van der Waals surface area contributed by atoms with E-state index in [1.54, 1.807) is 65.3 Å². The molecule has 0 aliphatic carbocycles. The number of nitrogens with zero attached hydrogens (tertiary/aromatic N) is 3. The van der Waals surface area contributed by atoms with E-state index in [4.69, 9.17) is 9.47 Å². The normalized spacial score (nSPS) is 13.6. The van der Waals surface area contributed by atoms with Crippen LogP contribution in [0.25, 0.3) is 0 Å². The Morgan fingerprint density at radius 1 is 0.846 bits per heavy atom. The summed E-state index contributed by atoms with van der Waals surface area (Å²) in [6.07, 6.45) is -0.369. The molecule has 206 valence electrons. The first kappa shape index (κ1) is 28.0. The van der Waals surface area contributed by atoms with Crippen molar-refractivity contribution in [2.24, 2.45) is 0 Å². The van der Waals surface area contributed by atoms with Crippen molar-refractivity contribution < 1.29 is 27.5 Å². The molecule has 3 aromatic rings. The van der Waals surface area contributed by atoms with Crippen molar-refractivity contribution in [2.45, 2.75) is 25.3 Å². The third-order valence-electron chi connectivity index (χ3n) is 6.42. The van der Waals surface area contributed by atoms with Gasteiger partial charge in [-0.15, -0.1) is 0 Å². The van der Waals surface area contributed by atoms with Crippen molar-refractivity contribution in [3.63, 3.8) is 0 Å². The van der Waals surface area contributed by atoms with E-state index in [1.807, 2.05) is 37.3 Å². The first-order valence-corrected chi connectivity index (χ1v) is 14.3. The van der Waals surface area contributed by atoms with Gasteiger partial charge in [0.15, 0.2) is 6.61 Å².